The highest BCUT2D eigenvalue weighted by atomic mass is 16.5. The zero-order valence-electron chi connectivity index (χ0n) is 16.2. The van der Waals surface area contributed by atoms with Gasteiger partial charge in [-0.2, -0.15) is 0 Å². The maximum absolute atomic E-state index is 5.41. The summed E-state index contributed by atoms with van der Waals surface area (Å²) in [6, 6.07) is 17.8. The maximum atomic E-state index is 5.41. The number of hydrogen-bond acceptors (Lipinski definition) is 6. The first-order chi connectivity index (χ1) is 13.8. The number of methoxy groups -OCH3 is 2. The van der Waals surface area contributed by atoms with E-state index in [1.807, 2.05) is 54.6 Å². The summed E-state index contributed by atoms with van der Waals surface area (Å²) < 4.78 is 10.7. The van der Waals surface area contributed by atoms with E-state index in [2.05, 4.69) is 10.2 Å². The molecule has 4 rings (SSSR count). The standard InChI is InChI=1S/C22H24N4O2/c1-27-18-11-10-17(14-19(18)28-2)23-20-15-21(26-12-6-7-13-26)25-22(24-20)16-8-4-3-5-9-16/h3-5,8-11,14-15H,6-7,12-13H2,1-2H3,(H,23,24,25). The second-order valence-corrected chi connectivity index (χ2v) is 6.69. The number of hydrogen-bond donors (Lipinski definition) is 1. The first-order valence-electron chi connectivity index (χ1n) is 9.45. The molecule has 0 amide bonds. The van der Waals surface area contributed by atoms with E-state index < -0.39 is 0 Å². The fraction of sp³-hybridized carbons (Fsp3) is 0.273. The van der Waals surface area contributed by atoms with Gasteiger partial charge in [0, 0.05) is 36.5 Å². The number of aromatic nitrogens is 2. The van der Waals surface area contributed by atoms with Gasteiger partial charge in [0.05, 0.1) is 14.2 Å². The third kappa shape index (κ3) is 3.86. The van der Waals surface area contributed by atoms with E-state index in [9.17, 15) is 0 Å². The molecule has 0 spiro atoms. The Bertz CT molecular complexity index is 941. The minimum Gasteiger partial charge on any atom is -0.493 e. The minimum absolute atomic E-state index is 0.671. The number of benzene rings is 2. The molecular formula is C22H24N4O2. The molecule has 1 saturated heterocycles. The van der Waals surface area contributed by atoms with Crippen LogP contribution in [0.4, 0.5) is 17.3 Å². The average Bonchev–Trinajstić information content (AvgIpc) is 3.29. The first kappa shape index (κ1) is 18.1. The number of nitrogens with one attached hydrogen (secondary N) is 1. The Morgan fingerprint density at radius 1 is 0.857 bits per heavy atom. The van der Waals surface area contributed by atoms with Crippen molar-refractivity contribution in [2.24, 2.45) is 0 Å². The van der Waals surface area contributed by atoms with Crippen molar-refractivity contribution in [2.75, 3.05) is 37.5 Å². The van der Waals surface area contributed by atoms with Gasteiger partial charge < -0.3 is 19.7 Å². The molecule has 2 heterocycles. The highest BCUT2D eigenvalue weighted by Crippen LogP contribution is 2.32. The van der Waals surface area contributed by atoms with Crippen molar-refractivity contribution in [1.29, 1.82) is 0 Å². The first-order valence-corrected chi connectivity index (χ1v) is 9.45. The molecule has 1 aliphatic rings. The molecule has 6 nitrogen and oxygen atoms in total. The van der Waals surface area contributed by atoms with Crippen LogP contribution in [0.3, 0.4) is 0 Å². The summed E-state index contributed by atoms with van der Waals surface area (Å²) >= 11 is 0. The van der Waals surface area contributed by atoms with Gasteiger partial charge in [0.2, 0.25) is 0 Å². The van der Waals surface area contributed by atoms with Gasteiger partial charge in [-0.1, -0.05) is 30.3 Å². The summed E-state index contributed by atoms with van der Waals surface area (Å²) in [5, 5.41) is 3.39. The van der Waals surface area contributed by atoms with Crippen molar-refractivity contribution in [2.45, 2.75) is 12.8 Å². The molecule has 28 heavy (non-hydrogen) atoms. The molecule has 0 atom stereocenters. The van der Waals surface area contributed by atoms with Crippen LogP contribution in [0.15, 0.2) is 54.6 Å². The zero-order chi connectivity index (χ0) is 19.3. The van der Waals surface area contributed by atoms with Crippen LogP contribution >= 0.6 is 0 Å². The third-order valence-corrected chi connectivity index (χ3v) is 4.83. The SMILES string of the molecule is COc1ccc(Nc2cc(N3CCCC3)nc(-c3ccccc3)n2)cc1OC. The lowest BCUT2D eigenvalue weighted by Crippen LogP contribution is -2.19. The van der Waals surface area contributed by atoms with Crippen LogP contribution in [0, 0.1) is 0 Å². The van der Waals surface area contributed by atoms with Gasteiger partial charge in [0.25, 0.3) is 0 Å². The smallest absolute Gasteiger partial charge is 0.163 e. The monoisotopic (exact) mass is 376 g/mol. The van der Waals surface area contributed by atoms with Crippen LogP contribution in [0.5, 0.6) is 11.5 Å². The maximum Gasteiger partial charge on any atom is 0.163 e. The topological polar surface area (TPSA) is 59.5 Å². The van der Waals surface area contributed by atoms with Crippen LogP contribution < -0.4 is 19.7 Å². The summed E-state index contributed by atoms with van der Waals surface area (Å²) in [4.78, 5) is 11.9. The van der Waals surface area contributed by atoms with E-state index in [4.69, 9.17) is 19.4 Å². The molecule has 1 fully saturated rings. The molecule has 6 heteroatoms. The Hall–Kier alpha value is -3.28. The van der Waals surface area contributed by atoms with E-state index in [1.54, 1.807) is 14.2 Å². The number of anilines is 3. The summed E-state index contributed by atoms with van der Waals surface area (Å²) in [5.74, 6) is 3.79. The third-order valence-electron chi connectivity index (χ3n) is 4.83. The molecule has 3 aromatic rings. The van der Waals surface area contributed by atoms with E-state index in [-0.39, 0.29) is 0 Å². The lowest BCUT2D eigenvalue weighted by Gasteiger charge is -2.19. The predicted octanol–water partition coefficient (Wildman–Crippen LogP) is 4.50. The lowest BCUT2D eigenvalue weighted by molar-refractivity contribution is 0.355. The van der Waals surface area contributed by atoms with Crippen molar-refractivity contribution in [3.8, 4) is 22.9 Å². The Balaban J connectivity index is 1.70. The molecule has 1 aliphatic heterocycles. The van der Waals surface area contributed by atoms with E-state index in [0.29, 0.717) is 17.3 Å². The van der Waals surface area contributed by atoms with Crippen molar-refractivity contribution < 1.29 is 9.47 Å². The van der Waals surface area contributed by atoms with Crippen molar-refractivity contribution in [3.05, 3.63) is 54.6 Å². The van der Waals surface area contributed by atoms with Crippen molar-refractivity contribution in [3.63, 3.8) is 0 Å². The Kier molecular flexibility index (Phi) is 5.28. The second-order valence-electron chi connectivity index (χ2n) is 6.69. The van der Waals surface area contributed by atoms with Crippen LogP contribution in [0.2, 0.25) is 0 Å². The zero-order valence-corrected chi connectivity index (χ0v) is 16.2. The largest absolute Gasteiger partial charge is 0.493 e. The summed E-state index contributed by atoms with van der Waals surface area (Å²) in [7, 11) is 3.26. The van der Waals surface area contributed by atoms with Gasteiger partial charge in [0.15, 0.2) is 17.3 Å². The molecule has 2 aromatic carbocycles. The summed E-state index contributed by atoms with van der Waals surface area (Å²) in [6.07, 6.45) is 2.40. The Morgan fingerprint density at radius 3 is 2.32 bits per heavy atom. The van der Waals surface area contributed by atoms with Crippen molar-refractivity contribution in [1.82, 2.24) is 9.97 Å². The predicted molar refractivity (Wildman–Crippen MR) is 112 cm³/mol. The highest BCUT2D eigenvalue weighted by Gasteiger charge is 2.17. The molecule has 0 bridgehead atoms. The van der Waals surface area contributed by atoms with Gasteiger partial charge in [-0.15, -0.1) is 0 Å². The fourth-order valence-corrected chi connectivity index (χ4v) is 3.38. The van der Waals surface area contributed by atoms with Gasteiger partial charge in [-0.05, 0) is 25.0 Å². The van der Waals surface area contributed by atoms with Crippen LogP contribution in [-0.2, 0) is 0 Å². The minimum atomic E-state index is 0.671. The summed E-state index contributed by atoms with van der Waals surface area (Å²) in [6.45, 7) is 2.06. The van der Waals surface area contributed by atoms with Gasteiger partial charge in [-0.25, -0.2) is 9.97 Å². The fourth-order valence-electron chi connectivity index (χ4n) is 3.38. The van der Waals surface area contributed by atoms with Crippen LogP contribution in [0.25, 0.3) is 11.4 Å². The van der Waals surface area contributed by atoms with Crippen molar-refractivity contribution >= 4 is 17.3 Å². The molecule has 1 N–H and O–H groups in total. The van der Waals surface area contributed by atoms with E-state index >= 15 is 0 Å². The number of nitrogens with zero attached hydrogens (tertiary/aromatic N) is 3. The normalized spacial score (nSPS) is 13.4. The molecule has 0 saturated carbocycles. The summed E-state index contributed by atoms with van der Waals surface area (Å²) in [5.41, 5.74) is 1.88. The Labute approximate surface area is 165 Å². The lowest BCUT2D eigenvalue weighted by atomic mass is 10.2. The van der Waals surface area contributed by atoms with Gasteiger partial charge in [-0.3, -0.25) is 0 Å². The van der Waals surface area contributed by atoms with Gasteiger partial charge in [0.1, 0.15) is 11.6 Å². The molecule has 144 valence electrons. The average molecular weight is 376 g/mol. The molecule has 0 aliphatic carbocycles. The second kappa shape index (κ2) is 8.17. The molecule has 1 aromatic heterocycles. The van der Waals surface area contributed by atoms with E-state index in [0.717, 1.165) is 36.0 Å². The van der Waals surface area contributed by atoms with Gasteiger partial charge >= 0.3 is 0 Å². The van der Waals surface area contributed by atoms with Crippen LogP contribution in [0.1, 0.15) is 12.8 Å². The molecular weight excluding hydrogens is 352 g/mol. The number of rotatable bonds is 6. The number of ether oxygens (including phenoxy) is 2. The van der Waals surface area contributed by atoms with Crippen LogP contribution in [-0.4, -0.2) is 37.3 Å². The quantitative estimate of drug-likeness (QED) is 0.683. The highest BCUT2D eigenvalue weighted by molar-refractivity contribution is 5.67. The molecule has 0 radical (unpaired) electrons. The Morgan fingerprint density at radius 2 is 1.61 bits per heavy atom. The molecule has 0 unspecified atom stereocenters. The van der Waals surface area contributed by atoms with E-state index in [1.165, 1.54) is 12.8 Å².